The highest BCUT2D eigenvalue weighted by Crippen LogP contribution is 2.41. The lowest BCUT2D eigenvalue weighted by Gasteiger charge is -2.44. The molecule has 3 amide bonds. The van der Waals surface area contributed by atoms with E-state index in [1.165, 1.54) is 23.1 Å². The fourth-order valence-electron chi connectivity index (χ4n) is 6.66. The molecule has 1 saturated heterocycles. The van der Waals surface area contributed by atoms with Crippen LogP contribution in [0.25, 0.3) is 0 Å². The first-order valence-electron chi connectivity index (χ1n) is 14.9. The standard InChI is InChI=1S/C31H37Br2N7O2/c32-23-17-22-10-9-21-5-4-8-25(33)27(21)29(28(22)36-18-23)39-15-16-40(31(42)37-24-6-2-1-3-7-24)26(19-39)30(41)35-12-14-38-13-11-34-20-38/h4-5,8,11,13,17-18,20,24,26,29H,1-3,6-7,9-10,12,14-16,19H2,(H,35,41)(H,37,42)/t26-,29?/m1/s1. The van der Waals surface area contributed by atoms with E-state index in [1.54, 1.807) is 17.4 Å². The van der Waals surface area contributed by atoms with Gasteiger partial charge in [-0.1, -0.05) is 47.3 Å². The summed E-state index contributed by atoms with van der Waals surface area (Å²) in [5, 5.41) is 6.36. The number of hydrogen-bond acceptors (Lipinski definition) is 5. The van der Waals surface area contributed by atoms with Gasteiger partial charge in [0, 0.05) is 66.3 Å². The zero-order chi connectivity index (χ0) is 29.1. The number of urea groups is 1. The number of halogens is 2. The number of imidazole rings is 1. The minimum absolute atomic E-state index is 0.133. The lowest BCUT2D eigenvalue weighted by atomic mass is 9.95. The van der Waals surface area contributed by atoms with Gasteiger partial charge in [0.15, 0.2) is 0 Å². The van der Waals surface area contributed by atoms with E-state index < -0.39 is 6.04 Å². The fourth-order valence-corrected chi connectivity index (χ4v) is 7.66. The van der Waals surface area contributed by atoms with Crippen LogP contribution in [0.2, 0.25) is 0 Å². The second-order valence-corrected chi connectivity index (χ2v) is 13.3. The summed E-state index contributed by atoms with van der Waals surface area (Å²) in [7, 11) is 0. The third-order valence-electron chi connectivity index (χ3n) is 8.81. The summed E-state index contributed by atoms with van der Waals surface area (Å²) in [6.45, 7) is 2.59. The molecule has 222 valence electrons. The van der Waals surface area contributed by atoms with Crippen molar-refractivity contribution in [3.8, 4) is 0 Å². The molecule has 1 unspecified atom stereocenters. The molecule has 1 aliphatic heterocycles. The lowest BCUT2D eigenvalue weighted by Crippen LogP contribution is -2.63. The van der Waals surface area contributed by atoms with Gasteiger partial charge in [-0.25, -0.2) is 9.78 Å². The molecule has 0 spiro atoms. The van der Waals surface area contributed by atoms with Gasteiger partial charge in [-0.05, 0) is 70.4 Å². The van der Waals surface area contributed by atoms with E-state index in [0.717, 1.165) is 53.2 Å². The maximum absolute atomic E-state index is 13.8. The molecule has 1 aromatic carbocycles. The Kier molecular flexibility index (Phi) is 9.26. The smallest absolute Gasteiger partial charge is 0.318 e. The Morgan fingerprint density at radius 1 is 1.05 bits per heavy atom. The largest absolute Gasteiger partial charge is 0.352 e. The van der Waals surface area contributed by atoms with Crippen molar-refractivity contribution in [2.75, 3.05) is 26.2 Å². The number of amides is 3. The van der Waals surface area contributed by atoms with Gasteiger partial charge in [0.1, 0.15) is 6.04 Å². The van der Waals surface area contributed by atoms with Crippen LogP contribution in [0.3, 0.4) is 0 Å². The molecule has 42 heavy (non-hydrogen) atoms. The Morgan fingerprint density at radius 3 is 2.69 bits per heavy atom. The van der Waals surface area contributed by atoms with Crippen LogP contribution in [0.1, 0.15) is 60.5 Å². The van der Waals surface area contributed by atoms with Gasteiger partial charge in [-0.2, -0.15) is 0 Å². The first-order chi connectivity index (χ1) is 20.5. The zero-order valence-corrected chi connectivity index (χ0v) is 26.8. The van der Waals surface area contributed by atoms with Gasteiger partial charge in [0.25, 0.3) is 0 Å². The van der Waals surface area contributed by atoms with E-state index in [2.05, 4.69) is 76.6 Å². The first-order valence-corrected chi connectivity index (χ1v) is 16.5. The van der Waals surface area contributed by atoms with E-state index in [1.807, 2.05) is 17.0 Å². The van der Waals surface area contributed by atoms with Crippen LogP contribution in [-0.4, -0.2) is 74.5 Å². The second-order valence-electron chi connectivity index (χ2n) is 11.5. The van der Waals surface area contributed by atoms with Crippen molar-refractivity contribution in [3.05, 3.63) is 80.5 Å². The first kappa shape index (κ1) is 29.3. The monoisotopic (exact) mass is 697 g/mol. The molecule has 9 nitrogen and oxygen atoms in total. The Balaban J connectivity index is 1.29. The highest BCUT2D eigenvalue weighted by atomic mass is 79.9. The van der Waals surface area contributed by atoms with E-state index in [9.17, 15) is 9.59 Å². The molecule has 3 heterocycles. The summed E-state index contributed by atoms with van der Waals surface area (Å²) < 4.78 is 3.94. The molecule has 2 atom stereocenters. The van der Waals surface area contributed by atoms with E-state index in [0.29, 0.717) is 32.7 Å². The topological polar surface area (TPSA) is 95.4 Å². The Morgan fingerprint density at radius 2 is 1.88 bits per heavy atom. The van der Waals surface area contributed by atoms with Crippen LogP contribution >= 0.6 is 31.9 Å². The van der Waals surface area contributed by atoms with Crippen molar-refractivity contribution < 1.29 is 9.59 Å². The maximum atomic E-state index is 13.8. The number of pyridine rings is 1. The number of fused-ring (bicyclic) bond motifs is 2. The Hall–Kier alpha value is -2.76. The molecule has 2 fully saturated rings. The van der Waals surface area contributed by atoms with Crippen LogP contribution in [-0.2, 0) is 24.2 Å². The highest BCUT2D eigenvalue weighted by molar-refractivity contribution is 9.10. The summed E-state index contributed by atoms with van der Waals surface area (Å²) >= 11 is 7.47. The van der Waals surface area contributed by atoms with Crippen molar-refractivity contribution in [1.82, 2.24) is 35.0 Å². The summed E-state index contributed by atoms with van der Waals surface area (Å²) in [4.78, 5) is 40.6. The molecule has 0 bridgehead atoms. The van der Waals surface area contributed by atoms with Gasteiger partial charge in [-0.3, -0.25) is 14.7 Å². The third-order valence-corrected chi connectivity index (χ3v) is 9.93. The Labute approximate surface area is 263 Å². The molecule has 2 aliphatic carbocycles. The van der Waals surface area contributed by atoms with Gasteiger partial charge >= 0.3 is 6.03 Å². The SMILES string of the molecule is O=C(NCCn1ccnc1)[C@H]1CN(C2c3ncc(Br)cc3CCc3cccc(Br)c32)CCN1C(=O)NC1CCCCC1. The molecule has 2 aromatic heterocycles. The normalized spacial score (nSPS) is 21.2. The summed E-state index contributed by atoms with van der Waals surface area (Å²) in [6.07, 6.45) is 14.5. The number of nitrogens with zero attached hydrogens (tertiary/aromatic N) is 5. The van der Waals surface area contributed by atoms with Gasteiger partial charge in [-0.15, -0.1) is 0 Å². The van der Waals surface area contributed by atoms with Crippen molar-refractivity contribution in [1.29, 1.82) is 0 Å². The molecular weight excluding hydrogens is 662 g/mol. The number of carbonyl (C=O) groups excluding carboxylic acids is 2. The highest BCUT2D eigenvalue weighted by Gasteiger charge is 2.41. The van der Waals surface area contributed by atoms with Crippen molar-refractivity contribution >= 4 is 43.8 Å². The van der Waals surface area contributed by atoms with E-state index in [-0.39, 0.29) is 24.0 Å². The molecule has 11 heteroatoms. The number of carbonyl (C=O) groups is 2. The summed E-state index contributed by atoms with van der Waals surface area (Å²) in [5.74, 6) is -0.136. The molecule has 3 aromatic rings. The summed E-state index contributed by atoms with van der Waals surface area (Å²) in [6, 6.07) is 7.82. The molecular formula is C31H37Br2N7O2. The zero-order valence-electron chi connectivity index (χ0n) is 23.6. The third kappa shape index (κ3) is 6.43. The predicted octanol–water partition coefficient (Wildman–Crippen LogP) is 4.84. The van der Waals surface area contributed by atoms with Crippen LogP contribution in [0, 0.1) is 0 Å². The minimum atomic E-state index is -0.627. The van der Waals surface area contributed by atoms with Crippen LogP contribution in [0.4, 0.5) is 4.79 Å². The van der Waals surface area contributed by atoms with E-state index in [4.69, 9.17) is 4.98 Å². The Bertz CT molecular complexity index is 1410. The minimum Gasteiger partial charge on any atom is -0.352 e. The van der Waals surface area contributed by atoms with E-state index >= 15 is 0 Å². The molecule has 1 saturated carbocycles. The quantitative estimate of drug-likeness (QED) is 0.385. The number of hydrogen-bond donors (Lipinski definition) is 2. The maximum Gasteiger partial charge on any atom is 0.318 e. The average Bonchev–Trinajstić information content (AvgIpc) is 3.46. The number of aromatic nitrogens is 3. The van der Waals surface area contributed by atoms with Crippen LogP contribution in [0.5, 0.6) is 0 Å². The fraction of sp³-hybridized carbons (Fsp3) is 0.484. The second kappa shape index (κ2) is 13.3. The molecule has 2 N–H and O–H groups in total. The molecule has 3 aliphatic rings. The average molecular weight is 699 g/mol. The van der Waals surface area contributed by atoms with Gasteiger partial charge in [0.05, 0.1) is 18.1 Å². The van der Waals surface area contributed by atoms with Gasteiger partial charge in [0.2, 0.25) is 5.91 Å². The number of aryl methyl sites for hydroxylation is 2. The summed E-state index contributed by atoms with van der Waals surface area (Å²) in [5.41, 5.74) is 4.70. The van der Waals surface area contributed by atoms with Gasteiger partial charge < -0.3 is 20.1 Å². The number of benzene rings is 1. The molecule has 0 radical (unpaired) electrons. The van der Waals surface area contributed by atoms with Crippen molar-refractivity contribution in [3.63, 3.8) is 0 Å². The number of rotatable bonds is 6. The van der Waals surface area contributed by atoms with Crippen LogP contribution < -0.4 is 10.6 Å². The predicted molar refractivity (Wildman–Crippen MR) is 168 cm³/mol. The van der Waals surface area contributed by atoms with Crippen molar-refractivity contribution in [2.45, 2.75) is 69.6 Å². The van der Waals surface area contributed by atoms with Crippen molar-refractivity contribution in [2.24, 2.45) is 0 Å². The van der Waals surface area contributed by atoms with Crippen LogP contribution in [0.15, 0.2) is 58.1 Å². The lowest BCUT2D eigenvalue weighted by molar-refractivity contribution is -0.127. The number of piperazine rings is 1. The number of nitrogens with one attached hydrogen (secondary N) is 2. The molecule has 6 rings (SSSR count).